The van der Waals surface area contributed by atoms with Gasteiger partial charge in [0, 0.05) is 56.5 Å². The first-order chi connectivity index (χ1) is 15.5. The fraction of sp³-hybridized carbons (Fsp3) is 0.240. The quantitative estimate of drug-likeness (QED) is 0.590. The van der Waals surface area contributed by atoms with E-state index in [1.54, 1.807) is 45.7 Å². The van der Waals surface area contributed by atoms with Crippen molar-refractivity contribution in [1.29, 1.82) is 0 Å². The summed E-state index contributed by atoms with van der Waals surface area (Å²) in [6.07, 6.45) is 5.91. The average molecular weight is 432 g/mol. The zero-order valence-corrected chi connectivity index (χ0v) is 17.9. The Labute approximate surface area is 186 Å². The van der Waals surface area contributed by atoms with Gasteiger partial charge in [-0.05, 0) is 48.9 Å². The molecular formula is C25H25FN4O2. The van der Waals surface area contributed by atoms with Gasteiger partial charge in [-0.15, -0.1) is 0 Å². The van der Waals surface area contributed by atoms with Crippen LogP contribution in [-0.2, 0) is 9.59 Å². The Morgan fingerprint density at radius 1 is 0.938 bits per heavy atom. The molecule has 4 rings (SSSR count). The minimum absolute atomic E-state index is 0.0344. The normalized spacial score (nSPS) is 14.6. The van der Waals surface area contributed by atoms with Gasteiger partial charge in [0.15, 0.2) is 0 Å². The molecule has 0 radical (unpaired) electrons. The van der Waals surface area contributed by atoms with Crippen LogP contribution in [0.25, 0.3) is 23.0 Å². The molecule has 32 heavy (non-hydrogen) atoms. The Balaban J connectivity index is 1.59. The molecule has 0 spiro atoms. The molecular weight excluding hydrogens is 407 g/mol. The van der Waals surface area contributed by atoms with Crippen molar-refractivity contribution in [3.63, 3.8) is 0 Å². The molecule has 2 heterocycles. The van der Waals surface area contributed by atoms with E-state index in [1.165, 1.54) is 12.1 Å². The van der Waals surface area contributed by atoms with Crippen LogP contribution in [0.1, 0.15) is 18.9 Å². The van der Waals surface area contributed by atoms with Gasteiger partial charge in [0.25, 0.3) is 0 Å². The van der Waals surface area contributed by atoms with Crippen LogP contribution in [0.4, 0.5) is 4.39 Å². The number of hydrogen-bond acceptors (Lipinski definition) is 3. The number of aromatic nitrogens is 2. The maximum absolute atomic E-state index is 13.4. The lowest BCUT2D eigenvalue weighted by Gasteiger charge is -2.20. The first kappa shape index (κ1) is 21.5. The lowest BCUT2D eigenvalue weighted by atomic mass is 10.1. The standard InChI is InChI=1S/C25H25FN4O2/c1-19(31)28-14-5-15-29(17-16-28)24(32)13-10-21-18-30(23-6-3-2-4-7-23)27-25(21)20-8-11-22(26)12-9-20/h2-4,6-13,18H,5,14-17H2,1H3/b13-10+. The van der Waals surface area contributed by atoms with Crippen LogP contribution in [-0.4, -0.2) is 57.6 Å². The molecule has 2 aromatic carbocycles. The van der Waals surface area contributed by atoms with E-state index < -0.39 is 0 Å². The summed E-state index contributed by atoms with van der Waals surface area (Å²) in [4.78, 5) is 28.0. The molecule has 3 aromatic rings. The molecule has 1 aromatic heterocycles. The lowest BCUT2D eigenvalue weighted by Crippen LogP contribution is -2.35. The number of carbonyl (C=O) groups is 2. The molecule has 1 fully saturated rings. The van der Waals surface area contributed by atoms with E-state index in [0.29, 0.717) is 31.9 Å². The summed E-state index contributed by atoms with van der Waals surface area (Å²) in [7, 11) is 0. The van der Waals surface area contributed by atoms with Gasteiger partial charge in [0.2, 0.25) is 11.8 Å². The van der Waals surface area contributed by atoms with Gasteiger partial charge in [0.05, 0.1) is 11.4 Å². The predicted molar refractivity (Wildman–Crippen MR) is 121 cm³/mol. The zero-order valence-electron chi connectivity index (χ0n) is 17.9. The Hall–Kier alpha value is -3.74. The minimum atomic E-state index is -0.315. The summed E-state index contributed by atoms with van der Waals surface area (Å²) in [6.45, 7) is 3.89. The van der Waals surface area contributed by atoms with Crippen molar-refractivity contribution < 1.29 is 14.0 Å². The largest absolute Gasteiger partial charge is 0.341 e. The van der Waals surface area contributed by atoms with E-state index in [0.717, 1.165) is 23.2 Å². The topological polar surface area (TPSA) is 58.4 Å². The van der Waals surface area contributed by atoms with Crippen LogP contribution in [0, 0.1) is 5.82 Å². The van der Waals surface area contributed by atoms with E-state index in [9.17, 15) is 14.0 Å². The van der Waals surface area contributed by atoms with Crippen molar-refractivity contribution in [3.8, 4) is 16.9 Å². The number of nitrogens with zero attached hydrogens (tertiary/aromatic N) is 4. The molecule has 6 nitrogen and oxygen atoms in total. The summed E-state index contributed by atoms with van der Waals surface area (Å²) in [5.41, 5.74) is 3.07. The van der Waals surface area contributed by atoms with E-state index in [1.807, 2.05) is 36.5 Å². The maximum Gasteiger partial charge on any atom is 0.246 e. The van der Waals surface area contributed by atoms with Crippen LogP contribution in [0.3, 0.4) is 0 Å². The van der Waals surface area contributed by atoms with Gasteiger partial charge in [0.1, 0.15) is 5.82 Å². The van der Waals surface area contributed by atoms with E-state index in [2.05, 4.69) is 5.10 Å². The van der Waals surface area contributed by atoms with Gasteiger partial charge in [-0.3, -0.25) is 9.59 Å². The Bertz CT molecular complexity index is 1120. The highest BCUT2D eigenvalue weighted by Gasteiger charge is 2.19. The number of carbonyl (C=O) groups excluding carboxylic acids is 2. The van der Waals surface area contributed by atoms with Gasteiger partial charge < -0.3 is 9.80 Å². The number of hydrogen-bond donors (Lipinski definition) is 0. The number of rotatable bonds is 4. The third-order valence-corrected chi connectivity index (χ3v) is 5.54. The molecule has 1 aliphatic rings. The van der Waals surface area contributed by atoms with Crippen molar-refractivity contribution in [2.45, 2.75) is 13.3 Å². The third-order valence-electron chi connectivity index (χ3n) is 5.54. The summed E-state index contributed by atoms with van der Waals surface area (Å²) in [5, 5.41) is 4.69. The maximum atomic E-state index is 13.4. The number of benzene rings is 2. The van der Waals surface area contributed by atoms with Crippen molar-refractivity contribution in [3.05, 3.63) is 78.3 Å². The van der Waals surface area contributed by atoms with Gasteiger partial charge >= 0.3 is 0 Å². The number of para-hydroxylation sites is 1. The molecule has 0 unspecified atom stereocenters. The molecule has 1 aliphatic heterocycles. The number of amides is 2. The number of halogens is 1. The zero-order chi connectivity index (χ0) is 22.5. The molecule has 164 valence electrons. The predicted octanol–water partition coefficient (Wildman–Crippen LogP) is 3.77. The monoisotopic (exact) mass is 432 g/mol. The third kappa shape index (κ3) is 4.94. The second kappa shape index (κ2) is 9.60. The lowest BCUT2D eigenvalue weighted by molar-refractivity contribution is -0.130. The second-order valence-corrected chi connectivity index (χ2v) is 7.74. The van der Waals surface area contributed by atoms with E-state index in [4.69, 9.17) is 0 Å². The molecule has 0 N–H and O–H groups in total. The first-order valence-electron chi connectivity index (χ1n) is 10.6. The average Bonchev–Trinajstić information content (AvgIpc) is 3.06. The summed E-state index contributed by atoms with van der Waals surface area (Å²) >= 11 is 0. The highest BCUT2D eigenvalue weighted by molar-refractivity contribution is 5.93. The van der Waals surface area contributed by atoms with Crippen LogP contribution >= 0.6 is 0 Å². The smallest absolute Gasteiger partial charge is 0.246 e. The van der Waals surface area contributed by atoms with Crippen molar-refractivity contribution in [2.75, 3.05) is 26.2 Å². The molecule has 0 saturated carbocycles. The fourth-order valence-corrected chi connectivity index (χ4v) is 3.77. The molecule has 0 atom stereocenters. The van der Waals surface area contributed by atoms with Gasteiger partial charge in [-0.2, -0.15) is 5.10 Å². The van der Waals surface area contributed by atoms with E-state index >= 15 is 0 Å². The van der Waals surface area contributed by atoms with Gasteiger partial charge in [-0.1, -0.05) is 18.2 Å². The molecule has 2 amide bonds. The van der Waals surface area contributed by atoms with Crippen LogP contribution < -0.4 is 0 Å². The Morgan fingerprint density at radius 2 is 1.62 bits per heavy atom. The minimum Gasteiger partial charge on any atom is -0.341 e. The highest BCUT2D eigenvalue weighted by atomic mass is 19.1. The molecule has 7 heteroatoms. The first-order valence-corrected chi connectivity index (χ1v) is 10.6. The summed E-state index contributed by atoms with van der Waals surface area (Å²) < 4.78 is 15.2. The van der Waals surface area contributed by atoms with Crippen LogP contribution in [0.2, 0.25) is 0 Å². The van der Waals surface area contributed by atoms with Crippen LogP contribution in [0.15, 0.2) is 66.9 Å². The second-order valence-electron chi connectivity index (χ2n) is 7.74. The van der Waals surface area contributed by atoms with Crippen molar-refractivity contribution >= 4 is 17.9 Å². The highest BCUT2D eigenvalue weighted by Crippen LogP contribution is 2.25. The fourth-order valence-electron chi connectivity index (χ4n) is 3.77. The Morgan fingerprint density at radius 3 is 2.34 bits per heavy atom. The Kier molecular flexibility index (Phi) is 6.44. The van der Waals surface area contributed by atoms with Crippen molar-refractivity contribution in [2.24, 2.45) is 0 Å². The summed E-state index contributed by atoms with van der Waals surface area (Å²) in [5.74, 6) is -0.385. The summed E-state index contributed by atoms with van der Waals surface area (Å²) in [6, 6.07) is 15.8. The van der Waals surface area contributed by atoms with Crippen LogP contribution in [0.5, 0.6) is 0 Å². The molecule has 0 bridgehead atoms. The van der Waals surface area contributed by atoms with Crippen molar-refractivity contribution in [1.82, 2.24) is 19.6 Å². The molecule has 1 saturated heterocycles. The van der Waals surface area contributed by atoms with E-state index in [-0.39, 0.29) is 17.6 Å². The molecule has 0 aliphatic carbocycles. The van der Waals surface area contributed by atoms with Gasteiger partial charge in [-0.25, -0.2) is 9.07 Å². The SMILES string of the molecule is CC(=O)N1CCCN(C(=O)/C=C/c2cn(-c3ccccc3)nc2-c2ccc(F)cc2)CC1.